The van der Waals surface area contributed by atoms with Gasteiger partial charge in [-0.1, -0.05) is 61.3 Å². The summed E-state index contributed by atoms with van der Waals surface area (Å²) in [6.07, 6.45) is 3.64. The van der Waals surface area contributed by atoms with E-state index < -0.39 is 6.04 Å². The van der Waals surface area contributed by atoms with Crippen molar-refractivity contribution < 1.29 is 9.59 Å². The van der Waals surface area contributed by atoms with E-state index in [0.29, 0.717) is 40.4 Å². The highest BCUT2D eigenvalue weighted by Gasteiger charge is 2.43. The van der Waals surface area contributed by atoms with E-state index >= 15 is 0 Å². The summed E-state index contributed by atoms with van der Waals surface area (Å²) >= 11 is 12.8. The molecule has 0 aromatic heterocycles. The van der Waals surface area contributed by atoms with Gasteiger partial charge in [0.2, 0.25) is 5.91 Å². The van der Waals surface area contributed by atoms with Crippen molar-refractivity contribution >= 4 is 46.3 Å². The fourth-order valence-electron chi connectivity index (χ4n) is 4.63. The third-order valence-electron chi connectivity index (χ3n) is 5.99. The lowest BCUT2D eigenvalue weighted by atomic mass is 9.73. The number of carbonyl (C=O) groups is 2. The van der Waals surface area contributed by atoms with Gasteiger partial charge in [0.15, 0.2) is 5.78 Å². The predicted molar refractivity (Wildman–Crippen MR) is 131 cm³/mol. The molecule has 1 aliphatic carbocycles. The molecule has 0 saturated heterocycles. The summed E-state index contributed by atoms with van der Waals surface area (Å²) in [6.45, 7) is 7.93. The molecule has 32 heavy (non-hydrogen) atoms. The van der Waals surface area contributed by atoms with Crippen LogP contribution in [0.1, 0.15) is 51.1 Å². The van der Waals surface area contributed by atoms with E-state index in [9.17, 15) is 9.59 Å². The lowest BCUT2D eigenvalue weighted by molar-refractivity contribution is -0.119. The quantitative estimate of drug-likeness (QED) is 0.486. The summed E-state index contributed by atoms with van der Waals surface area (Å²) in [6, 6.07) is 12.2. The molecule has 0 radical (unpaired) electrons. The van der Waals surface area contributed by atoms with Crippen LogP contribution in [0.5, 0.6) is 0 Å². The average molecular weight is 469 g/mol. The lowest BCUT2D eigenvalue weighted by Gasteiger charge is -2.37. The van der Waals surface area contributed by atoms with Crippen LogP contribution in [0.3, 0.4) is 0 Å². The van der Waals surface area contributed by atoms with Gasteiger partial charge < -0.3 is 5.32 Å². The van der Waals surface area contributed by atoms with E-state index in [-0.39, 0.29) is 23.5 Å². The molecule has 4 nitrogen and oxygen atoms in total. The number of para-hydroxylation sites is 2. The van der Waals surface area contributed by atoms with Gasteiger partial charge in [-0.05, 0) is 48.1 Å². The van der Waals surface area contributed by atoms with Crippen LogP contribution in [0.25, 0.3) is 0 Å². The van der Waals surface area contributed by atoms with E-state index in [0.717, 1.165) is 17.1 Å². The van der Waals surface area contributed by atoms with Gasteiger partial charge in [-0.15, -0.1) is 6.58 Å². The number of carbonyl (C=O) groups excluding carboxylic acids is 2. The van der Waals surface area contributed by atoms with E-state index in [1.54, 1.807) is 23.1 Å². The van der Waals surface area contributed by atoms with Crippen LogP contribution >= 0.6 is 23.2 Å². The van der Waals surface area contributed by atoms with E-state index in [4.69, 9.17) is 23.2 Å². The molecule has 0 fully saturated rings. The molecule has 1 unspecified atom stereocenters. The standard InChI is InChI=1S/C26H26Cl2N2O2/c1-4-5-10-23(32)30-21-9-7-6-8-19(21)29-20-14-26(2,3)15-22(31)24(20)25(30)17-12-11-16(27)13-18(17)28/h4,6-9,11-13,25,29H,1,5,10,14-15H2,2-3H3. The number of nitrogens with zero attached hydrogens (tertiary/aromatic N) is 1. The molecule has 0 spiro atoms. The molecule has 2 aromatic carbocycles. The molecule has 4 rings (SSSR count). The zero-order valence-electron chi connectivity index (χ0n) is 18.3. The summed E-state index contributed by atoms with van der Waals surface area (Å²) in [5.74, 6) is -0.0735. The Hall–Kier alpha value is -2.56. The van der Waals surface area contributed by atoms with Gasteiger partial charge in [-0.2, -0.15) is 0 Å². The predicted octanol–water partition coefficient (Wildman–Crippen LogP) is 7.10. The van der Waals surface area contributed by atoms with Crippen molar-refractivity contribution in [3.05, 3.63) is 82.0 Å². The number of rotatable bonds is 4. The van der Waals surface area contributed by atoms with Gasteiger partial charge >= 0.3 is 0 Å². The first kappa shape index (κ1) is 22.6. The minimum absolute atomic E-state index is 0.0223. The maximum absolute atomic E-state index is 13.6. The maximum atomic E-state index is 13.6. The van der Waals surface area contributed by atoms with Gasteiger partial charge in [0.25, 0.3) is 0 Å². The third kappa shape index (κ3) is 4.22. The SMILES string of the molecule is C=CCCC(=O)N1c2ccccc2NC2=C(C(=O)CC(C)(C)C2)C1c1ccc(Cl)cc1Cl. The number of allylic oxidation sites excluding steroid dienone is 2. The first-order valence-electron chi connectivity index (χ1n) is 10.7. The van der Waals surface area contributed by atoms with E-state index in [2.05, 4.69) is 25.7 Å². The van der Waals surface area contributed by atoms with Crippen LogP contribution in [0.2, 0.25) is 10.0 Å². The number of ketones is 1. The normalized spacial score (nSPS) is 19.6. The first-order valence-corrected chi connectivity index (χ1v) is 11.5. The van der Waals surface area contributed by atoms with Crippen molar-refractivity contribution in [1.82, 2.24) is 0 Å². The van der Waals surface area contributed by atoms with Crippen molar-refractivity contribution in [3.63, 3.8) is 0 Å². The van der Waals surface area contributed by atoms with Crippen molar-refractivity contribution in [2.24, 2.45) is 5.41 Å². The molecule has 2 aromatic rings. The molecule has 1 N–H and O–H groups in total. The van der Waals surface area contributed by atoms with Gasteiger partial charge in [0.05, 0.1) is 17.4 Å². The fraction of sp³-hybridized carbons (Fsp3) is 0.308. The monoisotopic (exact) mass is 468 g/mol. The van der Waals surface area contributed by atoms with Crippen LogP contribution in [0.4, 0.5) is 11.4 Å². The molecule has 2 aliphatic rings. The second-order valence-corrected chi connectivity index (χ2v) is 9.98. The number of halogens is 2. The summed E-state index contributed by atoms with van der Waals surface area (Å²) in [5.41, 5.74) is 3.45. The zero-order valence-corrected chi connectivity index (χ0v) is 19.8. The zero-order chi connectivity index (χ0) is 23.0. The molecule has 0 saturated carbocycles. The van der Waals surface area contributed by atoms with Crippen LogP contribution in [-0.4, -0.2) is 11.7 Å². The largest absolute Gasteiger partial charge is 0.357 e. The van der Waals surface area contributed by atoms with Crippen LogP contribution in [-0.2, 0) is 9.59 Å². The third-order valence-corrected chi connectivity index (χ3v) is 6.55. The van der Waals surface area contributed by atoms with Gasteiger partial charge in [0.1, 0.15) is 0 Å². The Kier molecular flexibility index (Phi) is 6.19. The van der Waals surface area contributed by atoms with Crippen LogP contribution < -0.4 is 10.2 Å². The van der Waals surface area contributed by atoms with Crippen LogP contribution in [0.15, 0.2) is 66.4 Å². The van der Waals surface area contributed by atoms with Gasteiger partial charge in [0, 0.05) is 34.2 Å². The summed E-state index contributed by atoms with van der Waals surface area (Å²) < 4.78 is 0. The smallest absolute Gasteiger partial charge is 0.228 e. The molecule has 6 heteroatoms. The number of nitrogens with one attached hydrogen (secondary N) is 1. The van der Waals surface area contributed by atoms with Gasteiger partial charge in [-0.25, -0.2) is 0 Å². The minimum Gasteiger partial charge on any atom is -0.357 e. The molecule has 1 heterocycles. The summed E-state index contributed by atoms with van der Waals surface area (Å²) in [4.78, 5) is 28.9. The highest BCUT2D eigenvalue weighted by Crippen LogP contribution is 2.49. The molecule has 1 atom stereocenters. The maximum Gasteiger partial charge on any atom is 0.228 e. The Morgan fingerprint density at radius 3 is 2.69 bits per heavy atom. The fourth-order valence-corrected chi connectivity index (χ4v) is 5.14. The topological polar surface area (TPSA) is 49.4 Å². The number of benzene rings is 2. The molecular weight excluding hydrogens is 443 g/mol. The molecule has 1 amide bonds. The number of hydrogen-bond donors (Lipinski definition) is 1. The Labute approximate surface area is 198 Å². The second-order valence-electron chi connectivity index (χ2n) is 9.13. The molecule has 0 bridgehead atoms. The number of amides is 1. The van der Waals surface area contributed by atoms with Crippen LogP contribution in [0, 0.1) is 5.41 Å². The van der Waals surface area contributed by atoms with Crippen molar-refractivity contribution in [2.75, 3.05) is 10.2 Å². The highest BCUT2D eigenvalue weighted by molar-refractivity contribution is 6.35. The molecule has 1 aliphatic heterocycles. The first-order chi connectivity index (χ1) is 15.2. The second kappa shape index (κ2) is 8.76. The summed E-state index contributed by atoms with van der Waals surface area (Å²) in [5, 5.41) is 4.42. The lowest BCUT2D eigenvalue weighted by Crippen LogP contribution is -2.39. The highest BCUT2D eigenvalue weighted by atomic mass is 35.5. The van der Waals surface area contributed by atoms with Gasteiger partial charge in [-0.3, -0.25) is 14.5 Å². The van der Waals surface area contributed by atoms with E-state index in [1.807, 2.05) is 30.3 Å². The minimum atomic E-state index is -0.646. The summed E-state index contributed by atoms with van der Waals surface area (Å²) in [7, 11) is 0. The van der Waals surface area contributed by atoms with Crippen molar-refractivity contribution in [2.45, 2.75) is 45.6 Å². The van der Waals surface area contributed by atoms with Crippen molar-refractivity contribution in [1.29, 1.82) is 0 Å². The number of hydrogen-bond acceptors (Lipinski definition) is 3. The van der Waals surface area contributed by atoms with E-state index in [1.165, 1.54) is 0 Å². The Balaban J connectivity index is 2.01. The Morgan fingerprint density at radius 1 is 1.22 bits per heavy atom. The Morgan fingerprint density at radius 2 is 1.97 bits per heavy atom. The number of anilines is 2. The Bertz CT molecular complexity index is 1140. The van der Waals surface area contributed by atoms with Crippen molar-refractivity contribution in [3.8, 4) is 0 Å². The molecular formula is C26H26Cl2N2O2. The number of fused-ring (bicyclic) bond motifs is 1. The molecule has 166 valence electrons. The average Bonchev–Trinajstić information content (AvgIpc) is 2.85. The number of Topliss-reactive ketones (excluding diaryl/α,β-unsaturated/α-hetero) is 1.